The predicted octanol–water partition coefficient (Wildman–Crippen LogP) is 3.43. The van der Waals surface area contributed by atoms with Gasteiger partial charge < -0.3 is 10.2 Å². The molecule has 0 bridgehead atoms. The number of nitrogens with one attached hydrogen (secondary N) is 1. The third-order valence-electron chi connectivity index (χ3n) is 3.53. The first-order valence-corrected chi connectivity index (χ1v) is 7.39. The van der Waals surface area contributed by atoms with Crippen LogP contribution in [0.2, 0.25) is 0 Å². The van der Waals surface area contributed by atoms with Crippen LogP contribution in [-0.4, -0.2) is 43.3 Å². The van der Waals surface area contributed by atoms with E-state index in [-0.39, 0.29) is 6.42 Å². The van der Waals surface area contributed by atoms with Crippen molar-refractivity contribution in [2.45, 2.75) is 58.2 Å². The van der Waals surface area contributed by atoms with E-state index >= 15 is 0 Å². The quantitative estimate of drug-likeness (QED) is 0.719. The fourth-order valence-corrected chi connectivity index (χ4v) is 2.59. The molecule has 0 aromatic rings. The normalized spacial score (nSPS) is 19.3. The summed E-state index contributed by atoms with van der Waals surface area (Å²) in [6.07, 6.45) is -1.56. The minimum Gasteiger partial charge on any atom is -0.314 e. The van der Waals surface area contributed by atoms with Crippen LogP contribution in [0.5, 0.6) is 0 Å². The lowest BCUT2D eigenvalue weighted by molar-refractivity contribution is -0.135. The van der Waals surface area contributed by atoms with Crippen molar-refractivity contribution in [1.82, 2.24) is 10.2 Å². The second kappa shape index (κ2) is 8.10. The highest BCUT2D eigenvalue weighted by Crippen LogP contribution is 2.22. The molecule has 2 nitrogen and oxygen atoms in total. The molecule has 1 heterocycles. The molecule has 0 atom stereocenters. The molecule has 1 saturated heterocycles. The van der Waals surface area contributed by atoms with Gasteiger partial charge in [0.1, 0.15) is 0 Å². The van der Waals surface area contributed by atoms with Gasteiger partial charge in [-0.25, -0.2) is 0 Å². The van der Waals surface area contributed by atoms with Crippen molar-refractivity contribution < 1.29 is 13.2 Å². The summed E-state index contributed by atoms with van der Waals surface area (Å²) >= 11 is 0. The van der Waals surface area contributed by atoms with Crippen LogP contribution in [0.4, 0.5) is 13.2 Å². The topological polar surface area (TPSA) is 15.3 Å². The fourth-order valence-electron chi connectivity index (χ4n) is 2.59. The van der Waals surface area contributed by atoms with Crippen molar-refractivity contribution in [2.75, 3.05) is 26.2 Å². The molecule has 0 aliphatic carbocycles. The number of likely N-dealkylation sites (tertiary alicyclic amines) is 1. The number of alkyl halides is 3. The molecule has 0 radical (unpaired) electrons. The van der Waals surface area contributed by atoms with Gasteiger partial charge in [0, 0.05) is 19.0 Å². The van der Waals surface area contributed by atoms with Gasteiger partial charge in [-0.05, 0) is 51.2 Å². The summed E-state index contributed by atoms with van der Waals surface area (Å²) < 4.78 is 35.9. The minimum atomic E-state index is -4.00. The molecular weight excluding hydrogens is 253 g/mol. The zero-order chi connectivity index (χ0) is 14.3. The van der Waals surface area contributed by atoms with Crippen LogP contribution >= 0.6 is 0 Å². The molecule has 0 aromatic carbocycles. The molecule has 0 amide bonds. The average molecular weight is 280 g/mol. The van der Waals surface area contributed by atoms with E-state index < -0.39 is 12.6 Å². The molecule has 0 saturated carbocycles. The number of hydrogen-bond acceptors (Lipinski definition) is 2. The number of piperidine rings is 1. The van der Waals surface area contributed by atoms with E-state index in [0.29, 0.717) is 24.9 Å². The molecule has 1 aliphatic heterocycles. The Morgan fingerprint density at radius 1 is 1.16 bits per heavy atom. The summed E-state index contributed by atoms with van der Waals surface area (Å²) in [7, 11) is 0. The van der Waals surface area contributed by atoms with E-state index in [1.807, 2.05) is 0 Å². The second-order valence-electron chi connectivity index (χ2n) is 6.00. The van der Waals surface area contributed by atoms with Crippen molar-refractivity contribution in [3.05, 3.63) is 0 Å². The van der Waals surface area contributed by atoms with Gasteiger partial charge in [0.2, 0.25) is 0 Å². The number of nitrogens with zero attached hydrogens (tertiary/aromatic N) is 1. The summed E-state index contributed by atoms with van der Waals surface area (Å²) in [5.74, 6) is 0.701. The van der Waals surface area contributed by atoms with Crippen LogP contribution < -0.4 is 5.32 Å². The van der Waals surface area contributed by atoms with Gasteiger partial charge in [-0.15, -0.1) is 0 Å². The Hall–Kier alpha value is -0.290. The average Bonchev–Trinajstić information content (AvgIpc) is 2.28. The van der Waals surface area contributed by atoms with E-state index in [2.05, 4.69) is 24.1 Å². The van der Waals surface area contributed by atoms with Gasteiger partial charge in [0.05, 0.1) is 0 Å². The standard InChI is InChI=1S/C14H27F3N2/c1-12(2)11-19-9-5-13(6-10-19)18-8-4-3-7-14(15,16)17/h12-13,18H,3-11H2,1-2H3. The van der Waals surface area contributed by atoms with Crippen LogP contribution in [0.15, 0.2) is 0 Å². The first-order chi connectivity index (χ1) is 8.87. The van der Waals surface area contributed by atoms with E-state index in [0.717, 1.165) is 32.5 Å². The molecule has 1 aliphatic rings. The summed E-state index contributed by atoms with van der Waals surface area (Å²) in [4.78, 5) is 2.48. The predicted molar refractivity (Wildman–Crippen MR) is 72.2 cm³/mol. The second-order valence-corrected chi connectivity index (χ2v) is 6.00. The van der Waals surface area contributed by atoms with E-state index in [1.54, 1.807) is 0 Å². The lowest BCUT2D eigenvalue weighted by Crippen LogP contribution is -2.43. The molecule has 1 fully saturated rings. The summed E-state index contributed by atoms with van der Waals surface area (Å²) in [5, 5.41) is 3.39. The minimum absolute atomic E-state index is 0.239. The smallest absolute Gasteiger partial charge is 0.314 e. The van der Waals surface area contributed by atoms with Crippen molar-refractivity contribution >= 4 is 0 Å². The van der Waals surface area contributed by atoms with Crippen molar-refractivity contribution in [3.8, 4) is 0 Å². The first kappa shape index (κ1) is 16.8. The van der Waals surface area contributed by atoms with Gasteiger partial charge in [-0.1, -0.05) is 13.8 Å². The molecular formula is C14H27F3N2. The van der Waals surface area contributed by atoms with Crippen LogP contribution in [0.3, 0.4) is 0 Å². The van der Waals surface area contributed by atoms with E-state index in [9.17, 15) is 13.2 Å². The first-order valence-electron chi connectivity index (χ1n) is 7.39. The van der Waals surface area contributed by atoms with Gasteiger partial charge >= 0.3 is 6.18 Å². The number of unbranched alkanes of at least 4 members (excludes halogenated alkanes) is 1. The molecule has 0 spiro atoms. The van der Waals surface area contributed by atoms with E-state index in [4.69, 9.17) is 0 Å². The van der Waals surface area contributed by atoms with Crippen molar-refractivity contribution in [3.63, 3.8) is 0 Å². The highest BCUT2D eigenvalue weighted by molar-refractivity contribution is 4.77. The van der Waals surface area contributed by atoms with Crippen molar-refractivity contribution in [1.29, 1.82) is 0 Å². The maximum atomic E-state index is 12.0. The zero-order valence-corrected chi connectivity index (χ0v) is 12.1. The Bertz CT molecular complexity index is 233. The molecule has 5 heteroatoms. The molecule has 114 valence electrons. The van der Waals surface area contributed by atoms with Gasteiger partial charge in [-0.3, -0.25) is 0 Å². The maximum absolute atomic E-state index is 12.0. The van der Waals surface area contributed by atoms with Crippen LogP contribution in [0, 0.1) is 5.92 Å². The summed E-state index contributed by atoms with van der Waals surface area (Å²) in [5.41, 5.74) is 0. The Kier molecular flexibility index (Phi) is 7.15. The SMILES string of the molecule is CC(C)CN1CCC(NCCCCC(F)(F)F)CC1. The number of rotatable bonds is 7. The molecule has 0 aromatic heterocycles. The Labute approximate surface area is 114 Å². The molecule has 1 rings (SSSR count). The molecule has 1 N–H and O–H groups in total. The van der Waals surface area contributed by atoms with E-state index in [1.165, 1.54) is 0 Å². The monoisotopic (exact) mass is 280 g/mol. The van der Waals surface area contributed by atoms with Gasteiger partial charge in [0.25, 0.3) is 0 Å². The van der Waals surface area contributed by atoms with Crippen LogP contribution in [0.25, 0.3) is 0 Å². The van der Waals surface area contributed by atoms with Crippen LogP contribution in [-0.2, 0) is 0 Å². The Morgan fingerprint density at radius 3 is 2.32 bits per heavy atom. The lowest BCUT2D eigenvalue weighted by atomic mass is 10.0. The van der Waals surface area contributed by atoms with Gasteiger partial charge in [0.15, 0.2) is 0 Å². The van der Waals surface area contributed by atoms with Crippen LogP contribution in [0.1, 0.15) is 46.0 Å². The Balaban J connectivity index is 2.01. The largest absolute Gasteiger partial charge is 0.389 e. The third kappa shape index (κ3) is 8.47. The lowest BCUT2D eigenvalue weighted by Gasteiger charge is -2.33. The summed E-state index contributed by atoms with van der Waals surface area (Å²) in [6, 6.07) is 0.495. The summed E-state index contributed by atoms with van der Waals surface area (Å²) in [6.45, 7) is 8.54. The third-order valence-corrected chi connectivity index (χ3v) is 3.53. The molecule has 19 heavy (non-hydrogen) atoms. The molecule has 0 unspecified atom stereocenters. The van der Waals surface area contributed by atoms with Crippen molar-refractivity contribution in [2.24, 2.45) is 5.92 Å². The number of halogens is 3. The maximum Gasteiger partial charge on any atom is 0.389 e. The fraction of sp³-hybridized carbons (Fsp3) is 1.00. The Morgan fingerprint density at radius 2 is 1.79 bits per heavy atom. The highest BCUT2D eigenvalue weighted by atomic mass is 19.4. The zero-order valence-electron chi connectivity index (χ0n) is 12.1. The van der Waals surface area contributed by atoms with Gasteiger partial charge in [-0.2, -0.15) is 13.2 Å². The highest BCUT2D eigenvalue weighted by Gasteiger charge is 2.26. The number of hydrogen-bond donors (Lipinski definition) is 1.